The summed E-state index contributed by atoms with van der Waals surface area (Å²) < 4.78 is 0. The number of fused-ring (bicyclic) bond motifs is 8. The lowest BCUT2D eigenvalue weighted by Gasteiger charge is -2.44. The number of rotatable bonds is 11. The smallest absolute Gasteiger partial charge is 0.249 e. The first kappa shape index (κ1) is 54.1. The standard InChI is InChI=1S/C84H56B2N4S2/c1-7-26-57(27-8-1)59-46-48-65(49-47-59)88(66-39-25-32-61(50-66)58-28-9-2-10-29-58)68-52-78-84-81(54-68)91-79-45-24-21-42-71(79)86(84)72-55-73-80(56-76(72)90(78)74-43-22-19-40-69(74)60-30-11-3-12-31-60)92-82-53-67(87(62-33-13-4-14-34-62)63-35-15-5-16-36-63)51-77-83(82)85(73)70-41-20-23-44-75(70)89(77)64-37-17-6-18-38-64/h1-56H. The van der Waals surface area contributed by atoms with Gasteiger partial charge in [0.05, 0.1) is 5.69 Å². The maximum absolute atomic E-state index is 2.64. The van der Waals surface area contributed by atoms with Crippen LogP contribution >= 0.6 is 23.5 Å². The fourth-order valence-corrected chi connectivity index (χ4v) is 17.1. The second kappa shape index (κ2) is 22.5. The van der Waals surface area contributed by atoms with Crippen molar-refractivity contribution < 1.29 is 0 Å². The summed E-state index contributed by atoms with van der Waals surface area (Å²) >= 11 is 3.82. The minimum atomic E-state index is -0.0786. The van der Waals surface area contributed by atoms with Crippen LogP contribution < -0.4 is 52.4 Å². The summed E-state index contributed by atoms with van der Waals surface area (Å²) in [5, 5.41) is 0. The van der Waals surface area contributed by atoms with Crippen LogP contribution in [-0.4, -0.2) is 13.4 Å². The van der Waals surface area contributed by atoms with Crippen LogP contribution in [0, 0.1) is 0 Å². The van der Waals surface area contributed by atoms with Gasteiger partial charge in [-0.1, -0.05) is 265 Å². The molecule has 0 N–H and O–H groups in total. The summed E-state index contributed by atoms with van der Waals surface area (Å²) in [7, 11) is 0. The lowest BCUT2D eigenvalue weighted by Crippen LogP contribution is -2.64. The highest BCUT2D eigenvalue weighted by molar-refractivity contribution is 8.00. The molecule has 8 heteroatoms. The predicted molar refractivity (Wildman–Crippen MR) is 392 cm³/mol. The van der Waals surface area contributed by atoms with Crippen LogP contribution in [0.4, 0.5) is 68.2 Å². The number of benzene rings is 14. The van der Waals surface area contributed by atoms with Gasteiger partial charge in [-0.05, 0) is 159 Å². The van der Waals surface area contributed by atoms with Crippen molar-refractivity contribution in [2.45, 2.75) is 19.6 Å². The molecule has 4 heterocycles. The third-order valence-corrected chi connectivity index (χ3v) is 21.0. The molecular formula is C84H56B2N4S2. The lowest BCUT2D eigenvalue weighted by molar-refractivity contribution is 1.22. The van der Waals surface area contributed by atoms with E-state index >= 15 is 0 Å². The van der Waals surface area contributed by atoms with Gasteiger partial charge < -0.3 is 19.6 Å². The molecule has 4 aliphatic heterocycles. The molecule has 0 atom stereocenters. The molecule has 18 rings (SSSR count). The van der Waals surface area contributed by atoms with E-state index in [-0.39, 0.29) is 13.4 Å². The molecule has 0 amide bonds. The van der Waals surface area contributed by atoms with Gasteiger partial charge in [0.1, 0.15) is 0 Å². The van der Waals surface area contributed by atoms with Crippen LogP contribution in [0.15, 0.2) is 359 Å². The highest BCUT2D eigenvalue weighted by atomic mass is 32.2. The van der Waals surface area contributed by atoms with Crippen LogP contribution in [0.5, 0.6) is 0 Å². The van der Waals surface area contributed by atoms with Crippen molar-refractivity contribution in [2.75, 3.05) is 19.6 Å². The van der Waals surface area contributed by atoms with Gasteiger partial charge in [-0.2, -0.15) is 0 Å². The maximum Gasteiger partial charge on any atom is 0.249 e. The predicted octanol–water partition coefficient (Wildman–Crippen LogP) is 19.2. The van der Waals surface area contributed by atoms with Crippen LogP contribution in [0.1, 0.15) is 0 Å². The van der Waals surface area contributed by atoms with Gasteiger partial charge in [0.2, 0.25) is 13.4 Å². The number of nitrogens with zero attached hydrogens (tertiary/aromatic N) is 4. The van der Waals surface area contributed by atoms with E-state index in [1.807, 2.05) is 23.5 Å². The highest BCUT2D eigenvalue weighted by Gasteiger charge is 2.47. The summed E-state index contributed by atoms with van der Waals surface area (Å²) in [6.45, 7) is -0.145. The quantitative estimate of drug-likeness (QED) is 0.119. The lowest BCUT2D eigenvalue weighted by atomic mass is 9.31. The Hall–Kier alpha value is -10.9. The molecule has 430 valence electrons. The molecule has 0 spiro atoms. The Morgan fingerprint density at radius 3 is 1.34 bits per heavy atom. The van der Waals surface area contributed by atoms with Gasteiger partial charge in [0.15, 0.2) is 0 Å². The Bertz CT molecular complexity index is 5100. The van der Waals surface area contributed by atoms with Crippen LogP contribution in [-0.2, 0) is 0 Å². The first-order chi connectivity index (χ1) is 45.6. The van der Waals surface area contributed by atoms with E-state index in [0.717, 1.165) is 51.1 Å². The van der Waals surface area contributed by atoms with E-state index in [0.29, 0.717) is 0 Å². The molecular weight excluding hydrogens is 1150 g/mol. The van der Waals surface area contributed by atoms with Crippen LogP contribution in [0.2, 0.25) is 0 Å². The third-order valence-electron chi connectivity index (χ3n) is 18.7. The minimum Gasteiger partial charge on any atom is -0.311 e. The Kier molecular flexibility index (Phi) is 13.3. The van der Waals surface area contributed by atoms with Crippen molar-refractivity contribution in [2.24, 2.45) is 0 Å². The molecule has 14 aromatic rings. The van der Waals surface area contributed by atoms with E-state index in [1.165, 1.54) is 103 Å². The van der Waals surface area contributed by atoms with Crippen LogP contribution in [0.25, 0.3) is 33.4 Å². The van der Waals surface area contributed by atoms with Crippen molar-refractivity contribution in [3.8, 4) is 33.4 Å². The summed E-state index contributed by atoms with van der Waals surface area (Å²) in [4.78, 5) is 15.1. The largest absolute Gasteiger partial charge is 0.311 e. The van der Waals surface area contributed by atoms with Gasteiger partial charge >= 0.3 is 0 Å². The van der Waals surface area contributed by atoms with Crippen molar-refractivity contribution in [3.63, 3.8) is 0 Å². The van der Waals surface area contributed by atoms with Crippen molar-refractivity contribution in [3.05, 3.63) is 340 Å². The Morgan fingerprint density at radius 1 is 0.228 bits per heavy atom. The van der Waals surface area contributed by atoms with E-state index in [2.05, 4.69) is 359 Å². The Labute approximate surface area is 546 Å². The highest BCUT2D eigenvalue weighted by Crippen LogP contribution is 2.52. The molecule has 0 saturated carbocycles. The summed E-state index contributed by atoms with van der Waals surface area (Å²) in [6.07, 6.45) is 0. The number of anilines is 12. The molecule has 0 bridgehead atoms. The Balaban J connectivity index is 0.899. The summed E-state index contributed by atoms with van der Waals surface area (Å²) in [5.74, 6) is 0. The first-order valence-electron chi connectivity index (χ1n) is 31.5. The number of hydrogen-bond acceptors (Lipinski definition) is 6. The molecule has 0 unspecified atom stereocenters. The number of para-hydroxylation sites is 5. The SMILES string of the molecule is c1ccc(-c2ccc(N(c3cccc(-c4ccccc4)c3)c3cc4c5c(c3)N(c3ccccc3-c3ccccc3)c3cc6c(cc3B5c3ccccc3S4)B3c4ccccc4N(c4ccccc4)c4cc(N(c5ccccc5)c5ccccc5)cc(c43)S6)cc2)cc1. The fourth-order valence-electron chi connectivity index (χ4n) is 14.7. The van der Waals surface area contributed by atoms with E-state index in [1.54, 1.807) is 0 Å². The van der Waals surface area contributed by atoms with Gasteiger partial charge in [-0.25, -0.2) is 0 Å². The summed E-state index contributed by atoms with van der Waals surface area (Å²) in [6, 6.07) is 126. The average molecular weight is 1210 g/mol. The van der Waals surface area contributed by atoms with Crippen molar-refractivity contribution in [1.29, 1.82) is 0 Å². The van der Waals surface area contributed by atoms with Gasteiger partial charge in [0, 0.05) is 87.7 Å². The van der Waals surface area contributed by atoms with Crippen molar-refractivity contribution in [1.82, 2.24) is 0 Å². The molecule has 4 nitrogen and oxygen atoms in total. The fraction of sp³-hybridized carbons (Fsp3) is 0. The van der Waals surface area contributed by atoms with Gasteiger partial charge in [0.25, 0.3) is 0 Å². The molecule has 4 aliphatic rings. The first-order valence-corrected chi connectivity index (χ1v) is 33.2. The number of hydrogen-bond donors (Lipinski definition) is 0. The zero-order valence-electron chi connectivity index (χ0n) is 50.1. The zero-order chi connectivity index (χ0) is 60.6. The van der Waals surface area contributed by atoms with Gasteiger partial charge in [-0.15, -0.1) is 0 Å². The molecule has 14 aromatic carbocycles. The third kappa shape index (κ3) is 9.12. The molecule has 0 fully saturated rings. The average Bonchev–Trinajstić information content (AvgIpc) is 0.697. The molecule has 92 heavy (non-hydrogen) atoms. The van der Waals surface area contributed by atoms with Crippen LogP contribution in [0.3, 0.4) is 0 Å². The molecule has 0 aliphatic carbocycles. The van der Waals surface area contributed by atoms with E-state index in [9.17, 15) is 0 Å². The van der Waals surface area contributed by atoms with E-state index < -0.39 is 0 Å². The van der Waals surface area contributed by atoms with Crippen molar-refractivity contribution >= 4 is 138 Å². The Morgan fingerprint density at radius 2 is 0.685 bits per heavy atom. The second-order valence-corrected chi connectivity index (χ2v) is 26.1. The molecule has 0 saturated heterocycles. The van der Waals surface area contributed by atoms with Gasteiger partial charge in [-0.3, -0.25) is 0 Å². The molecule has 0 aromatic heterocycles. The normalized spacial score (nSPS) is 12.8. The summed E-state index contributed by atoms with van der Waals surface area (Å²) in [5.41, 5.74) is 28.4. The maximum atomic E-state index is 2.64. The second-order valence-electron chi connectivity index (χ2n) is 23.9. The van der Waals surface area contributed by atoms with E-state index in [4.69, 9.17) is 0 Å². The minimum absolute atomic E-state index is 0.0661. The zero-order valence-corrected chi connectivity index (χ0v) is 51.7. The monoisotopic (exact) mass is 1210 g/mol. The molecule has 0 radical (unpaired) electrons. The topological polar surface area (TPSA) is 13.0 Å².